The quantitative estimate of drug-likeness (QED) is 0.801. The van der Waals surface area contributed by atoms with Crippen molar-refractivity contribution in [2.75, 3.05) is 25.2 Å². The number of rotatable bonds is 4. The number of methoxy groups -OCH3 is 1. The molecule has 1 aromatic rings. The smallest absolute Gasteiger partial charge is 0.128 e. The fourth-order valence-electron chi connectivity index (χ4n) is 2.41. The minimum absolute atomic E-state index is 0.498. The van der Waals surface area contributed by atoms with Crippen molar-refractivity contribution < 1.29 is 4.74 Å². The Labute approximate surface area is 104 Å². The second kappa shape index (κ2) is 5.50. The minimum Gasteiger partial charge on any atom is -0.383 e. The van der Waals surface area contributed by atoms with Crippen LogP contribution in [-0.4, -0.2) is 31.3 Å². The summed E-state index contributed by atoms with van der Waals surface area (Å²) in [6.45, 7) is 6.29. The first-order chi connectivity index (χ1) is 8.22. The highest BCUT2D eigenvalue weighted by Crippen LogP contribution is 2.25. The summed E-state index contributed by atoms with van der Waals surface area (Å²) in [7, 11) is 1.77. The average molecular weight is 234 g/mol. The van der Waals surface area contributed by atoms with Crippen molar-refractivity contribution in [3.05, 3.63) is 23.9 Å². The molecular formula is C14H22N2O. The van der Waals surface area contributed by atoms with E-state index < -0.39 is 0 Å². The van der Waals surface area contributed by atoms with E-state index in [-0.39, 0.29) is 0 Å². The maximum absolute atomic E-state index is 5.27. The van der Waals surface area contributed by atoms with Gasteiger partial charge in [0.2, 0.25) is 0 Å². The van der Waals surface area contributed by atoms with Crippen LogP contribution in [0.4, 0.5) is 5.82 Å². The molecule has 1 unspecified atom stereocenters. The number of aromatic nitrogens is 1. The lowest BCUT2D eigenvalue weighted by atomic mass is 10.1. The van der Waals surface area contributed by atoms with Gasteiger partial charge in [-0.25, -0.2) is 4.98 Å². The molecule has 0 aliphatic carbocycles. The third-order valence-electron chi connectivity index (χ3n) is 3.47. The summed E-state index contributed by atoms with van der Waals surface area (Å²) in [6.07, 6.45) is 4.45. The van der Waals surface area contributed by atoms with E-state index in [9.17, 15) is 0 Å². The van der Waals surface area contributed by atoms with E-state index in [0.717, 1.165) is 19.0 Å². The van der Waals surface area contributed by atoms with Gasteiger partial charge in [-0.1, -0.05) is 19.9 Å². The van der Waals surface area contributed by atoms with Gasteiger partial charge >= 0.3 is 0 Å². The maximum Gasteiger partial charge on any atom is 0.128 e. The van der Waals surface area contributed by atoms with E-state index in [1.807, 2.05) is 6.20 Å². The van der Waals surface area contributed by atoms with E-state index in [2.05, 4.69) is 35.9 Å². The Morgan fingerprint density at radius 2 is 2.29 bits per heavy atom. The van der Waals surface area contributed by atoms with Crippen molar-refractivity contribution in [2.24, 2.45) is 0 Å². The summed E-state index contributed by atoms with van der Waals surface area (Å²) < 4.78 is 5.27. The average Bonchev–Trinajstić information content (AvgIpc) is 2.78. The number of nitrogens with zero attached hydrogens (tertiary/aromatic N) is 2. The Hall–Kier alpha value is -1.09. The lowest BCUT2D eigenvalue weighted by molar-refractivity contribution is 0.180. The third-order valence-corrected chi connectivity index (χ3v) is 3.47. The monoisotopic (exact) mass is 234 g/mol. The van der Waals surface area contributed by atoms with Gasteiger partial charge in [-0.3, -0.25) is 0 Å². The molecule has 0 amide bonds. The Kier molecular flexibility index (Phi) is 4.00. The van der Waals surface area contributed by atoms with Crippen LogP contribution in [0, 0.1) is 0 Å². The lowest BCUT2D eigenvalue weighted by Gasteiger charge is -2.25. The highest BCUT2D eigenvalue weighted by atomic mass is 16.5. The van der Waals surface area contributed by atoms with Crippen LogP contribution in [-0.2, 0) is 4.74 Å². The van der Waals surface area contributed by atoms with Crippen molar-refractivity contribution in [3.8, 4) is 0 Å². The van der Waals surface area contributed by atoms with Crippen LogP contribution in [0.5, 0.6) is 0 Å². The van der Waals surface area contributed by atoms with Crippen LogP contribution in [0.25, 0.3) is 0 Å². The molecule has 3 heteroatoms. The predicted molar refractivity (Wildman–Crippen MR) is 70.6 cm³/mol. The van der Waals surface area contributed by atoms with Crippen LogP contribution < -0.4 is 4.90 Å². The summed E-state index contributed by atoms with van der Waals surface area (Å²) >= 11 is 0. The molecule has 17 heavy (non-hydrogen) atoms. The fourth-order valence-corrected chi connectivity index (χ4v) is 2.41. The molecule has 94 valence electrons. The van der Waals surface area contributed by atoms with Crippen LogP contribution >= 0.6 is 0 Å². The molecule has 2 rings (SSSR count). The molecule has 0 aromatic carbocycles. The molecule has 0 spiro atoms. The molecule has 1 atom stereocenters. The minimum atomic E-state index is 0.498. The first-order valence-corrected chi connectivity index (χ1v) is 6.44. The Morgan fingerprint density at radius 1 is 1.47 bits per heavy atom. The number of hydrogen-bond acceptors (Lipinski definition) is 3. The van der Waals surface area contributed by atoms with Gasteiger partial charge in [0.05, 0.1) is 12.6 Å². The second-order valence-corrected chi connectivity index (χ2v) is 5.05. The van der Waals surface area contributed by atoms with Crippen molar-refractivity contribution in [1.29, 1.82) is 0 Å². The first-order valence-electron chi connectivity index (χ1n) is 6.44. The van der Waals surface area contributed by atoms with Crippen molar-refractivity contribution in [1.82, 2.24) is 4.98 Å². The summed E-state index contributed by atoms with van der Waals surface area (Å²) in [4.78, 5) is 6.95. The fraction of sp³-hybridized carbons (Fsp3) is 0.643. The Bertz CT molecular complexity index is 348. The first kappa shape index (κ1) is 12.4. The molecule has 0 N–H and O–H groups in total. The third kappa shape index (κ3) is 2.78. The zero-order valence-electron chi connectivity index (χ0n) is 11.0. The van der Waals surface area contributed by atoms with Gasteiger partial charge < -0.3 is 9.64 Å². The summed E-state index contributed by atoms with van der Waals surface area (Å²) in [5.74, 6) is 1.64. The molecular weight excluding hydrogens is 212 g/mol. The number of ether oxygens (including phenoxy) is 1. The molecule has 0 radical (unpaired) electrons. The van der Waals surface area contributed by atoms with E-state index in [1.54, 1.807) is 7.11 Å². The van der Waals surface area contributed by atoms with Crippen LogP contribution in [0.2, 0.25) is 0 Å². The van der Waals surface area contributed by atoms with Gasteiger partial charge in [-0.05, 0) is 30.4 Å². The predicted octanol–water partition coefficient (Wildman–Crippen LogP) is 2.82. The topological polar surface area (TPSA) is 25.4 Å². The molecule has 0 saturated carbocycles. The SMILES string of the molecule is COCC1CCCN1c1ccc(C(C)C)cn1. The molecule has 3 nitrogen and oxygen atoms in total. The van der Waals surface area contributed by atoms with Crippen molar-refractivity contribution >= 4 is 5.82 Å². The van der Waals surface area contributed by atoms with Crippen molar-refractivity contribution in [2.45, 2.75) is 38.6 Å². The molecule has 1 aliphatic rings. The van der Waals surface area contributed by atoms with E-state index in [4.69, 9.17) is 4.74 Å². The van der Waals surface area contributed by atoms with Gasteiger partial charge in [0.25, 0.3) is 0 Å². The van der Waals surface area contributed by atoms with Crippen LogP contribution in [0.3, 0.4) is 0 Å². The summed E-state index contributed by atoms with van der Waals surface area (Å²) in [6, 6.07) is 4.83. The van der Waals surface area contributed by atoms with Crippen molar-refractivity contribution in [3.63, 3.8) is 0 Å². The van der Waals surface area contributed by atoms with Gasteiger partial charge in [0, 0.05) is 19.9 Å². The Morgan fingerprint density at radius 3 is 2.88 bits per heavy atom. The molecule has 0 bridgehead atoms. The van der Waals surface area contributed by atoms with E-state index in [1.165, 1.54) is 18.4 Å². The molecule has 1 aromatic heterocycles. The van der Waals surface area contributed by atoms with Gasteiger partial charge in [-0.15, -0.1) is 0 Å². The lowest BCUT2D eigenvalue weighted by Crippen LogP contribution is -2.33. The largest absolute Gasteiger partial charge is 0.383 e. The zero-order chi connectivity index (χ0) is 12.3. The van der Waals surface area contributed by atoms with E-state index in [0.29, 0.717) is 12.0 Å². The van der Waals surface area contributed by atoms with Gasteiger partial charge in [0.1, 0.15) is 5.82 Å². The highest BCUT2D eigenvalue weighted by Gasteiger charge is 2.25. The van der Waals surface area contributed by atoms with Crippen LogP contribution in [0.1, 0.15) is 38.2 Å². The number of anilines is 1. The number of hydrogen-bond donors (Lipinski definition) is 0. The highest BCUT2D eigenvalue weighted by molar-refractivity contribution is 5.42. The molecule has 2 heterocycles. The maximum atomic E-state index is 5.27. The van der Waals surface area contributed by atoms with E-state index >= 15 is 0 Å². The normalized spacial score (nSPS) is 20.2. The van der Waals surface area contributed by atoms with Gasteiger partial charge in [0.15, 0.2) is 0 Å². The Balaban J connectivity index is 2.10. The molecule has 1 aliphatic heterocycles. The standard InChI is InChI=1S/C14H22N2O/c1-11(2)12-6-7-14(15-9-12)16-8-4-5-13(16)10-17-3/h6-7,9,11,13H,4-5,8,10H2,1-3H3. The van der Waals surface area contributed by atoms with Crippen LogP contribution in [0.15, 0.2) is 18.3 Å². The van der Waals surface area contributed by atoms with Gasteiger partial charge in [-0.2, -0.15) is 0 Å². The summed E-state index contributed by atoms with van der Waals surface area (Å²) in [5, 5.41) is 0. The number of pyridine rings is 1. The summed E-state index contributed by atoms with van der Waals surface area (Å²) in [5.41, 5.74) is 1.30. The molecule has 1 saturated heterocycles. The molecule has 1 fully saturated rings. The zero-order valence-corrected chi connectivity index (χ0v) is 11.0. The second-order valence-electron chi connectivity index (χ2n) is 5.05.